The highest BCUT2D eigenvalue weighted by molar-refractivity contribution is 7.92. The minimum Gasteiger partial charge on any atom is -0.457 e. The maximum absolute atomic E-state index is 13.4. The summed E-state index contributed by atoms with van der Waals surface area (Å²) in [5, 5.41) is 2.91. The number of anilines is 2. The van der Waals surface area contributed by atoms with Crippen LogP contribution in [0.3, 0.4) is 0 Å². The number of nitrogens with zero attached hydrogens (tertiary/aromatic N) is 3. The number of amides is 2. The molecule has 0 radical (unpaired) electrons. The fourth-order valence-corrected chi connectivity index (χ4v) is 5.58. The van der Waals surface area contributed by atoms with Gasteiger partial charge in [-0.1, -0.05) is 18.2 Å². The van der Waals surface area contributed by atoms with Gasteiger partial charge in [-0.25, -0.2) is 17.6 Å². The molecule has 2 N–H and O–H groups in total. The van der Waals surface area contributed by atoms with E-state index in [2.05, 4.69) is 19.9 Å². The number of sulfonamides is 1. The van der Waals surface area contributed by atoms with Crippen LogP contribution in [0.25, 0.3) is 0 Å². The summed E-state index contributed by atoms with van der Waals surface area (Å²) in [7, 11) is -3.33. The summed E-state index contributed by atoms with van der Waals surface area (Å²) in [4.78, 5) is 22.0. The van der Waals surface area contributed by atoms with Crippen LogP contribution in [0.5, 0.6) is 11.5 Å². The number of likely N-dealkylation sites (tertiary alicyclic amines) is 1. The van der Waals surface area contributed by atoms with Crippen LogP contribution in [0, 0.1) is 5.82 Å². The van der Waals surface area contributed by atoms with Gasteiger partial charge in [0, 0.05) is 43.2 Å². The van der Waals surface area contributed by atoms with Crippen molar-refractivity contribution >= 4 is 52.2 Å². The van der Waals surface area contributed by atoms with Gasteiger partial charge < -0.3 is 15.0 Å². The number of carbonyl (C=O) groups excluding carboxylic acids is 1. The van der Waals surface area contributed by atoms with Crippen molar-refractivity contribution in [3.8, 4) is 11.5 Å². The number of urea groups is 1. The number of nitrogens with one attached hydrogen (secondary N) is 2. The third-order valence-electron chi connectivity index (χ3n) is 7.14. The van der Waals surface area contributed by atoms with Gasteiger partial charge in [0.2, 0.25) is 10.0 Å². The Morgan fingerprint density at radius 3 is 2.09 bits per heavy atom. The van der Waals surface area contributed by atoms with E-state index in [1.165, 1.54) is 12.1 Å². The highest BCUT2D eigenvalue weighted by Crippen LogP contribution is 2.25. The van der Waals surface area contributed by atoms with E-state index in [-0.39, 0.29) is 42.7 Å². The standard InChI is InChI=1S/C32H34FN5O4S.2ClH/c1-43(40,41)36-27-11-15-31(16-12-27)42-30-13-5-24(6-14-30)22-37-20-17-29(18-21-37)38(23-28-4-2-3-19-34-28)32(39)35-26-9-7-25(33)8-10-26;;/h2-16,19,29,36H,17-18,20-23H2,1H3,(H,35,39);2*1H. The van der Waals surface area contributed by atoms with Gasteiger partial charge in [0.05, 0.1) is 18.5 Å². The maximum atomic E-state index is 13.4. The molecule has 1 aromatic heterocycles. The number of ether oxygens (including phenoxy) is 1. The molecular formula is C32H36Cl2FN5O4S. The molecule has 1 fully saturated rings. The number of hydrogen-bond acceptors (Lipinski definition) is 6. The summed E-state index contributed by atoms with van der Waals surface area (Å²) in [6, 6.07) is 25.9. The molecule has 0 saturated carbocycles. The van der Waals surface area contributed by atoms with Crippen molar-refractivity contribution in [3.63, 3.8) is 0 Å². The van der Waals surface area contributed by atoms with Crippen LogP contribution >= 0.6 is 24.8 Å². The van der Waals surface area contributed by atoms with Crippen LogP contribution in [0.4, 0.5) is 20.6 Å². The zero-order valence-electron chi connectivity index (χ0n) is 24.6. The first-order valence-electron chi connectivity index (χ1n) is 14.0. The molecule has 1 aliphatic rings. The number of rotatable bonds is 10. The molecule has 13 heteroatoms. The van der Waals surface area contributed by atoms with Gasteiger partial charge in [-0.05, 0) is 91.2 Å². The van der Waals surface area contributed by atoms with Gasteiger partial charge in [0.15, 0.2) is 0 Å². The Hall–Kier alpha value is -3.90. The predicted molar refractivity (Wildman–Crippen MR) is 179 cm³/mol. The maximum Gasteiger partial charge on any atom is 0.322 e. The van der Waals surface area contributed by atoms with Crippen LogP contribution in [-0.2, 0) is 23.1 Å². The number of aromatic nitrogens is 1. The molecule has 1 aliphatic heterocycles. The summed E-state index contributed by atoms with van der Waals surface area (Å²) in [6.45, 7) is 2.83. The van der Waals surface area contributed by atoms with E-state index < -0.39 is 10.0 Å². The summed E-state index contributed by atoms with van der Waals surface area (Å²) in [6.07, 6.45) is 4.46. The monoisotopic (exact) mass is 675 g/mol. The van der Waals surface area contributed by atoms with Gasteiger partial charge in [0.25, 0.3) is 0 Å². The second kappa shape index (κ2) is 16.4. The molecular weight excluding hydrogens is 640 g/mol. The minimum absolute atomic E-state index is 0. The third-order valence-corrected chi connectivity index (χ3v) is 7.74. The number of hydrogen-bond donors (Lipinski definition) is 2. The van der Waals surface area contributed by atoms with Crippen molar-refractivity contribution in [2.45, 2.75) is 32.0 Å². The van der Waals surface area contributed by atoms with E-state index in [4.69, 9.17) is 4.74 Å². The van der Waals surface area contributed by atoms with Crippen LogP contribution in [-0.4, -0.2) is 54.6 Å². The highest BCUT2D eigenvalue weighted by atomic mass is 35.5. The molecule has 1 saturated heterocycles. The lowest BCUT2D eigenvalue weighted by atomic mass is 10.0. The minimum atomic E-state index is -3.33. The number of pyridine rings is 1. The Kier molecular flexibility index (Phi) is 13.0. The summed E-state index contributed by atoms with van der Waals surface area (Å²) in [5.74, 6) is 0.935. The van der Waals surface area contributed by atoms with Gasteiger partial charge in [0.1, 0.15) is 17.3 Å². The fourth-order valence-electron chi connectivity index (χ4n) is 5.01. The van der Waals surface area contributed by atoms with Crippen LogP contribution in [0.1, 0.15) is 24.1 Å². The number of benzene rings is 3. The molecule has 4 aromatic rings. The summed E-state index contributed by atoms with van der Waals surface area (Å²) < 4.78 is 44.5. The average Bonchev–Trinajstić information content (AvgIpc) is 2.99. The topological polar surface area (TPSA) is 104 Å². The molecule has 2 amide bonds. The Morgan fingerprint density at radius 1 is 0.911 bits per heavy atom. The lowest BCUT2D eigenvalue weighted by molar-refractivity contribution is 0.119. The van der Waals surface area contributed by atoms with Crippen molar-refractivity contribution < 1.29 is 22.3 Å². The van der Waals surface area contributed by atoms with Gasteiger partial charge in [-0.15, -0.1) is 24.8 Å². The molecule has 0 aliphatic carbocycles. The highest BCUT2D eigenvalue weighted by Gasteiger charge is 2.28. The second-order valence-corrected chi connectivity index (χ2v) is 12.3. The van der Waals surface area contributed by atoms with Gasteiger partial charge >= 0.3 is 6.03 Å². The third kappa shape index (κ3) is 10.9. The average molecular weight is 677 g/mol. The molecule has 2 heterocycles. The predicted octanol–water partition coefficient (Wildman–Crippen LogP) is 6.93. The second-order valence-electron chi connectivity index (χ2n) is 10.5. The molecule has 240 valence electrons. The van der Waals surface area contributed by atoms with Crippen molar-refractivity contribution in [1.29, 1.82) is 0 Å². The van der Waals surface area contributed by atoms with Crippen LogP contribution < -0.4 is 14.8 Å². The number of carbonyl (C=O) groups is 1. The largest absolute Gasteiger partial charge is 0.457 e. The molecule has 9 nitrogen and oxygen atoms in total. The van der Waals surface area contributed by atoms with Crippen LogP contribution in [0.2, 0.25) is 0 Å². The van der Waals surface area contributed by atoms with E-state index in [9.17, 15) is 17.6 Å². The lowest BCUT2D eigenvalue weighted by Gasteiger charge is -2.38. The van der Waals surface area contributed by atoms with Gasteiger partial charge in [-0.2, -0.15) is 0 Å². The number of halogens is 3. The SMILES string of the molecule is CS(=O)(=O)Nc1ccc(Oc2ccc(CN3CCC(N(Cc4ccccn4)C(=O)Nc4ccc(F)cc4)CC3)cc2)cc1.Cl.Cl. The molecule has 0 spiro atoms. The van der Waals surface area contributed by atoms with Crippen molar-refractivity contribution in [2.24, 2.45) is 0 Å². The van der Waals surface area contributed by atoms with E-state index in [0.29, 0.717) is 29.4 Å². The van der Waals surface area contributed by atoms with Crippen molar-refractivity contribution in [2.75, 3.05) is 29.4 Å². The summed E-state index contributed by atoms with van der Waals surface area (Å²) >= 11 is 0. The summed E-state index contributed by atoms with van der Waals surface area (Å²) in [5.41, 5.74) is 2.98. The molecule has 45 heavy (non-hydrogen) atoms. The van der Waals surface area contributed by atoms with Crippen molar-refractivity contribution in [1.82, 2.24) is 14.8 Å². The van der Waals surface area contributed by atoms with Gasteiger partial charge in [-0.3, -0.25) is 14.6 Å². The zero-order valence-corrected chi connectivity index (χ0v) is 27.1. The van der Waals surface area contributed by atoms with E-state index in [1.807, 2.05) is 47.4 Å². The van der Waals surface area contributed by atoms with Crippen molar-refractivity contribution in [3.05, 3.63) is 114 Å². The lowest BCUT2D eigenvalue weighted by Crippen LogP contribution is -2.48. The normalized spacial score (nSPS) is 13.6. The fraction of sp³-hybridized carbons (Fsp3) is 0.250. The first-order chi connectivity index (χ1) is 20.7. The van der Waals surface area contributed by atoms with Crippen LogP contribution in [0.15, 0.2) is 97.2 Å². The van der Waals surface area contributed by atoms with E-state index in [0.717, 1.165) is 50.0 Å². The molecule has 0 unspecified atom stereocenters. The first-order valence-corrected chi connectivity index (χ1v) is 15.9. The Bertz CT molecular complexity index is 1610. The smallest absolute Gasteiger partial charge is 0.322 e. The molecule has 0 atom stereocenters. The van der Waals surface area contributed by atoms with E-state index in [1.54, 1.807) is 42.6 Å². The Morgan fingerprint density at radius 2 is 1.51 bits per heavy atom. The Labute approximate surface area is 275 Å². The molecule has 3 aromatic carbocycles. The Balaban J connectivity index is 0.00000276. The number of piperidine rings is 1. The molecule has 0 bridgehead atoms. The van der Waals surface area contributed by atoms with E-state index >= 15 is 0 Å². The first kappa shape index (κ1) is 35.6. The molecule has 5 rings (SSSR count). The quantitative estimate of drug-likeness (QED) is 0.189. The zero-order chi connectivity index (χ0) is 30.2.